The van der Waals surface area contributed by atoms with Crippen molar-refractivity contribution < 1.29 is 14.3 Å². The van der Waals surface area contributed by atoms with Crippen LogP contribution in [-0.2, 0) is 23.3 Å². The van der Waals surface area contributed by atoms with Crippen molar-refractivity contribution in [3.63, 3.8) is 0 Å². The van der Waals surface area contributed by atoms with Crippen LogP contribution in [0.1, 0.15) is 56.5 Å². The molecule has 1 aliphatic rings. The molecule has 4 aromatic rings. The number of benzene rings is 2. The van der Waals surface area contributed by atoms with Crippen LogP contribution in [0.15, 0.2) is 59.8 Å². The molecule has 0 fully saturated rings. The van der Waals surface area contributed by atoms with Crippen molar-refractivity contribution >= 4 is 40.0 Å². The number of hydrogen-bond acceptors (Lipinski definition) is 8. The fourth-order valence-electron chi connectivity index (χ4n) is 4.15. The Bertz CT molecular complexity index is 1370. The first-order chi connectivity index (χ1) is 17.6. The number of carbonyl (C=O) groups is 2. The molecule has 2 aromatic carbocycles. The first-order valence-corrected chi connectivity index (χ1v) is 13.6. The van der Waals surface area contributed by atoms with Gasteiger partial charge in [0, 0.05) is 16.2 Å². The lowest BCUT2D eigenvalue weighted by Gasteiger charge is -2.12. The van der Waals surface area contributed by atoms with Crippen molar-refractivity contribution in [2.75, 3.05) is 11.9 Å². The summed E-state index contributed by atoms with van der Waals surface area (Å²) < 4.78 is 6.99. The van der Waals surface area contributed by atoms with Crippen LogP contribution < -0.4 is 5.32 Å². The van der Waals surface area contributed by atoms with E-state index in [9.17, 15) is 9.59 Å². The van der Waals surface area contributed by atoms with E-state index >= 15 is 0 Å². The molecular formula is C26H25N5O3S2. The normalized spacial score (nSPS) is 12.7. The Kier molecular flexibility index (Phi) is 7.43. The van der Waals surface area contributed by atoms with Gasteiger partial charge in [0.05, 0.1) is 17.9 Å². The Morgan fingerprint density at radius 2 is 1.86 bits per heavy atom. The van der Waals surface area contributed by atoms with E-state index in [4.69, 9.17) is 4.74 Å². The molecule has 0 atom stereocenters. The lowest BCUT2D eigenvalue weighted by molar-refractivity contribution is 0.0526. The van der Waals surface area contributed by atoms with Crippen molar-refractivity contribution in [3.05, 3.63) is 81.7 Å². The summed E-state index contributed by atoms with van der Waals surface area (Å²) in [5.41, 5.74) is 4.02. The van der Waals surface area contributed by atoms with E-state index in [0.717, 1.165) is 42.5 Å². The smallest absolute Gasteiger partial charge is 0.341 e. The van der Waals surface area contributed by atoms with Gasteiger partial charge in [-0.3, -0.25) is 4.79 Å². The minimum atomic E-state index is -0.364. The van der Waals surface area contributed by atoms with Gasteiger partial charge in [-0.25, -0.2) is 4.79 Å². The second kappa shape index (κ2) is 11.0. The van der Waals surface area contributed by atoms with Crippen LogP contribution in [0.4, 0.5) is 5.00 Å². The fourth-order valence-corrected chi connectivity index (χ4v) is 6.27. The van der Waals surface area contributed by atoms with Gasteiger partial charge in [-0.2, -0.15) is 4.68 Å². The van der Waals surface area contributed by atoms with Crippen molar-refractivity contribution in [3.8, 4) is 5.69 Å². The van der Waals surface area contributed by atoms with Gasteiger partial charge in [0.15, 0.2) is 0 Å². The van der Waals surface area contributed by atoms with E-state index in [1.54, 1.807) is 23.7 Å². The fraction of sp³-hybridized carbons (Fsp3) is 0.269. The Labute approximate surface area is 217 Å². The lowest BCUT2D eigenvalue weighted by atomic mass is 9.95. The van der Waals surface area contributed by atoms with E-state index in [1.165, 1.54) is 28.0 Å². The van der Waals surface area contributed by atoms with E-state index < -0.39 is 0 Å². The molecule has 0 bridgehead atoms. The number of para-hydroxylation sites is 1. The summed E-state index contributed by atoms with van der Waals surface area (Å²) >= 11 is 3.01. The third-order valence-electron chi connectivity index (χ3n) is 5.90. The summed E-state index contributed by atoms with van der Waals surface area (Å²) in [6.45, 7) is 2.09. The van der Waals surface area contributed by atoms with Crippen molar-refractivity contribution in [1.29, 1.82) is 0 Å². The molecule has 1 amide bonds. The number of anilines is 1. The predicted molar refractivity (Wildman–Crippen MR) is 140 cm³/mol. The number of aromatic nitrogens is 4. The molecule has 2 heterocycles. The average molecular weight is 520 g/mol. The maximum absolute atomic E-state index is 13.0. The van der Waals surface area contributed by atoms with Gasteiger partial charge in [0.1, 0.15) is 5.00 Å². The predicted octanol–water partition coefficient (Wildman–Crippen LogP) is 5.32. The van der Waals surface area contributed by atoms with Gasteiger partial charge in [-0.1, -0.05) is 42.1 Å². The molecular weight excluding hydrogens is 494 g/mol. The third kappa shape index (κ3) is 5.19. The van der Waals surface area contributed by atoms with Gasteiger partial charge in [0.25, 0.3) is 5.91 Å². The number of esters is 1. The summed E-state index contributed by atoms with van der Waals surface area (Å²) in [5.74, 6) is 0.0449. The highest BCUT2D eigenvalue weighted by atomic mass is 32.2. The molecule has 36 heavy (non-hydrogen) atoms. The number of fused-ring (bicyclic) bond motifs is 1. The number of hydrogen-bond donors (Lipinski definition) is 1. The molecule has 1 aliphatic carbocycles. The summed E-state index contributed by atoms with van der Waals surface area (Å²) in [4.78, 5) is 26.9. The first kappa shape index (κ1) is 24.2. The van der Waals surface area contributed by atoms with Crippen molar-refractivity contribution in [2.24, 2.45) is 0 Å². The Morgan fingerprint density at radius 3 is 2.64 bits per heavy atom. The number of nitrogens with zero attached hydrogens (tertiary/aromatic N) is 4. The zero-order valence-electron chi connectivity index (χ0n) is 19.8. The highest BCUT2D eigenvalue weighted by Crippen LogP contribution is 2.38. The molecule has 0 aliphatic heterocycles. The zero-order chi connectivity index (χ0) is 24.9. The molecule has 1 N–H and O–H groups in total. The minimum Gasteiger partial charge on any atom is -0.462 e. The second-order valence-electron chi connectivity index (χ2n) is 8.28. The number of thioether (sulfide) groups is 1. The van der Waals surface area contributed by atoms with Crippen LogP contribution in [0.5, 0.6) is 0 Å². The SMILES string of the molecule is CCOC(=O)c1c(NC(=O)c2ccc(CSc3nnnn3-c3ccccc3)cc2)sc2c1CCCC2. The van der Waals surface area contributed by atoms with E-state index in [-0.39, 0.29) is 11.9 Å². The van der Waals surface area contributed by atoms with E-state index in [0.29, 0.717) is 33.6 Å². The van der Waals surface area contributed by atoms with Gasteiger partial charge >= 0.3 is 5.97 Å². The summed E-state index contributed by atoms with van der Waals surface area (Å²) in [6, 6.07) is 17.2. The number of aryl methyl sites for hydroxylation is 1. The van der Waals surface area contributed by atoms with E-state index in [2.05, 4.69) is 20.8 Å². The number of rotatable bonds is 8. The van der Waals surface area contributed by atoms with Crippen LogP contribution in [0.2, 0.25) is 0 Å². The zero-order valence-corrected chi connectivity index (χ0v) is 21.4. The molecule has 0 unspecified atom stereocenters. The second-order valence-corrected chi connectivity index (χ2v) is 10.3. The van der Waals surface area contributed by atoms with Crippen LogP contribution in [-0.4, -0.2) is 38.7 Å². The average Bonchev–Trinajstić information content (AvgIpc) is 3.52. The molecule has 10 heteroatoms. The molecule has 0 spiro atoms. The van der Waals surface area contributed by atoms with Crippen LogP contribution >= 0.6 is 23.1 Å². The maximum atomic E-state index is 13.0. The van der Waals surface area contributed by atoms with Gasteiger partial charge in [-0.05, 0) is 78.4 Å². The number of nitrogens with one attached hydrogen (secondary N) is 1. The Morgan fingerprint density at radius 1 is 1.08 bits per heavy atom. The first-order valence-electron chi connectivity index (χ1n) is 11.8. The van der Waals surface area contributed by atoms with Crippen molar-refractivity contribution in [1.82, 2.24) is 20.2 Å². The molecule has 0 radical (unpaired) electrons. The van der Waals surface area contributed by atoms with Gasteiger partial charge in [-0.15, -0.1) is 16.4 Å². The van der Waals surface area contributed by atoms with Crippen LogP contribution in [0.3, 0.4) is 0 Å². The largest absolute Gasteiger partial charge is 0.462 e. The highest BCUT2D eigenvalue weighted by Gasteiger charge is 2.27. The Balaban J connectivity index is 1.27. The number of carbonyl (C=O) groups excluding carboxylic acids is 2. The molecule has 5 rings (SSSR count). The van der Waals surface area contributed by atoms with Gasteiger partial charge in [0.2, 0.25) is 5.16 Å². The minimum absolute atomic E-state index is 0.244. The monoisotopic (exact) mass is 519 g/mol. The molecule has 8 nitrogen and oxygen atoms in total. The molecule has 0 saturated carbocycles. The number of tetrazole rings is 1. The summed E-state index contributed by atoms with van der Waals surface area (Å²) in [6.07, 6.45) is 3.92. The lowest BCUT2D eigenvalue weighted by Crippen LogP contribution is -2.15. The molecule has 2 aromatic heterocycles. The number of amides is 1. The highest BCUT2D eigenvalue weighted by molar-refractivity contribution is 7.98. The molecule has 184 valence electrons. The maximum Gasteiger partial charge on any atom is 0.341 e. The van der Waals surface area contributed by atoms with Gasteiger partial charge < -0.3 is 10.1 Å². The van der Waals surface area contributed by atoms with Crippen LogP contribution in [0.25, 0.3) is 5.69 Å². The number of ether oxygens (including phenoxy) is 1. The standard InChI is InChI=1S/C26H25N5O3S2/c1-2-34-25(33)22-20-10-6-7-11-21(20)36-24(22)27-23(32)18-14-12-17(13-15-18)16-35-26-28-29-30-31(26)19-8-4-3-5-9-19/h3-5,8-9,12-15H,2,6-7,10-11,16H2,1H3,(H,27,32). The summed E-state index contributed by atoms with van der Waals surface area (Å²) in [7, 11) is 0. The van der Waals surface area contributed by atoms with Crippen molar-refractivity contribution in [2.45, 2.75) is 43.5 Å². The Hall–Kier alpha value is -3.50. The quantitative estimate of drug-likeness (QED) is 0.248. The topological polar surface area (TPSA) is 99.0 Å². The number of thiophene rings is 1. The molecule has 0 saturated heterocycles. The van der Waals surface area contributed by atoms with E-state index in [1.807, 2.05) is 42.5 Å². The third-order valence-corrected chi connectivity index (χ3v) is 8.10. The van der Waals surface area contributed by atoms with Crippen LogP contribution in [0, 0.1) is 0 Å². The summed E-state index contributed by atoms with van der Waals surface area (Å²) in [5, 5.41) is 16.2.